The molecule has 20 heavy (non-hydrogen) atoms. The zero-order valence-electron chi connectivity index (χ0n) is 12.9. The lowest BCUT2D eigenvalue weighted by molar-refractivity contribution is 0.0361. The third-order valence-corrected chi connectivity index (χ3v) is 4.78. The van der Waals surface area contributed by atoms with Crippen LogP contribution in [0.2, 0.25) is 0 Å². The van der Waals surface area contributed by atoms with E-state index in [1.54, 1.807) is 0 Å². The Labute approximate surface area is 124 Å². The molecule has 0 aromatic heterocycles. The molecule has 0 spiro atoms. The Kier molecular flexibility index (Phi) is 7.88. The molecule has 4 heteroatoms. The van der Waals surface area contributed by atoms with Crippen LogP contribution in [0, 0.1) is 5.92 Å². The van der Waals surface area contributed by atoms with Crippen molar-refractivity contribution in [3.63, 3.8) is 0 Å². The normalized spacial score (nSPS) is 23.2. The quantitative estimate of drug-likeness (QED) is 0.687. The van der Waals surface area contributed by atoms with Gasteiger partial charge in [0.05, 0.1) is 13.2 Å². The van der Waals surface area contributed by atoms with E-state index in [1.165, 1.54) is 51.9 Å². The van der Waals surface area contributed by atoms with Gasteiger partial charge in [-0.2, -0.15) is 0 Å². The Balaban J connectivity index is 1.48. The highest BCUT2D eigenvalue weighted by Crippen LogP contribution is 2.22. The summed E-state index contributed by atoms with van der Waals surface area (Å²) in [6, 6.07) is 0. The molecule has 0 atom stereocenters. The summed E-state index contributed by atoms with van der Waals surface area (Å²) in [6.07, 6.45) is 7.62. The van der Waals surface area contributed by atoms with E-state index in [1.807, 2.05) is 0 Å². The minimum atomic E-state index is 0.345. The molecular weight excluding hydrogens is 252 g/mol. The van der Waals surface area contributed by atoms with Crippen LogP contribution in [0.25, 0.3) is 0 Å². The van der Waals surface area contributed by atoms with E-state index in [2.05, 4.69) is 9.80 Å². The molecule has 2 rings (SSSR count). The van der Waals surface area contributed by atoms with Crippen LogP contribution < -0.4 is 0 Å². The van der Waals surface area contributed by atoms with Crippen LogP contribution in [0.15, 0.2) is 0 Å². The van der Waals surface area contributed by atoms with Gasteiger partial charge in [-0.3, -0.25) is 4.90 Å². The first-order valence-corrected chi connectivity index (χ1v) is 8.52. The number of morpholine rings is 1. The first kappa shape index (κ1) is 16.2. The van der Waals surface area contributed by atoms with Crippen LogP contribution in [0.1, 0.15) is 38.5 Å². The van der Waals surface area contributed by atoms with E-state index >= 15 is 0 Å². The maximum atomic E-state index is 8.81. The summed E-state index contributed by atoms with van der Waals surface area (Å²) in [5.41, 5.74) is 0. The number of aliphatic hydroxyl groups excluding tert-OH is 1. The molecule has 2 saturated heterocycles. The highest BCUT2D eigenvalue weighted by molar-refractivity contribution is 4.73. The molecule has 2 aliphatic heterocycles. The second-order valence-corrected chi connectivity index (χ2v) is 6.31. The number of hydrogen-bond donors (Lipinski definition) is 1. The van der Waals surface area contributed by atoms with Crippen molar-refractivity contribution in [1.82, 2.24) is 9.80 Å². The van der Waals surface area contributed by atoms with E-state index in [0.717, 1.165) is 45.1 Å². The van der Waals surface area contributed by atoms with Gasteiger partial charge in [-0.25, -0.2) is 0 Å². The maximum absolute atomic E-state index is 8.81. The molecule has 0 bridgehead atoms. The summed E-state index contributed by atoms with van der Waals surface area (Å²) in [6.45, 7) is 9.44. The monoisotopic (exact) mass is 284 g/mol. The third-order valence-electron chi connectivity index (χ3n) is 4.78. The standard InChI is InChI=1S/C16H32N2O2/c19-13-2-1-7-17-9-5-16(6-10-17)4-3-8-18-11-14-20-15-12-18/h16,19H,1-15H2. The molecule has 0 aromatic rings. The van der Waals surface area contributed by atoms with Crippen LogP contribution in [-0.2, 0) is 4.74 Å². The fourth-order valence-electron chi connectivity index (χ4n) is 3.37. The van der Waals surface area contributed by atoms with E-state index in [0.29, 0.717) is 6.61 Å². The van der Waals surface area contributed by atoms with E-state index in [4.69, 9.17) is 9.84 Å². The lowest BCUT2D eigenvalue weighted by Gasteiger charge is -2.32. The topological polar surface area (TPSA) is 35.9 Å². The van der Waals surface area contributed by atoms with Crippen LogP contribution in [0.4, 0.5) is 0 Å². The predicted octanol–water partition coefficient (Wildman–Crippen LogP) is 1.58. The van der Waals surface area contributed by atoms with Crippen LogP contribution >= 0.6 is 0 Å². The van der Waals surface area contributed by atoms with Crippen LogP contribution in [0.5, 0.6) is 0 Å². The van der Waals surface area contributed by atoms with Crippen molar-refractivity contribution in [2.24, 2.45) is 5.92 Å². The van der Waals surface area contributed by atoms with Gasteiger partial charge in [-0.05, 0) is 70.6 Å². The zero-order valence-corrected chi connectivity index (χ0v) is 12.9. The van der Waals surface area contributed by atoms with Gasteiger partial charge in [0.1, 0.15) is 0 Å². The van der Waals surface area contributed by atoms with Gasteiger partial charge in [0.25, 0.3) is 0 Å². The highest BCUT2D eigenvalue weighted by atomic mass is 16.5. The molecule has 0 saturated carbocycles. The van der Waals surface area contributed by atoms with Gasteiger partial charge in [0.15, 0.2) is 0 Å². The van der Waals surface area contributed by atoms with E-state index in [9.17, 15) is 0 Å². The summed E-state index contributed by atoms with van der Waals surface area (Å²) in [5, 5.41) is 8.81. The lowest BCUT2D eigenvalue weighted by atomic mass is 9.92. The minimum Gasteiger partial charge on any atom is -0.396 e. The van der Waals surface area contributed by atoms with Gasteiger partial charge in [-0.15, -0.1) is 0 Å². The summed E-state index contributed by atoms with van der Waals surface area (Å²) < 4.78 is 5.39. The molecular formula is C16H32N2O2. The molecule has 2 aliphatic rings. The summed E-state index contributed by atoms with van der Waals surface area (Å²) in [7, 11) is 0. The Morgan fingerprint density at radius 2 is 1.50 bits per heavy atom. The molecule has 2 fully saturated rings. The van der Waals surface area contributed by atoms with Crippen molar-refractivity contribution in [1.29, 1.82) is 0 Å². The van der Waals surface area contributed by atoms with E-state index in [-0.39, 0.29) is 0 Å². The van der Waals surface area contributed by atoms with Crippen molar-refractivity contribution in [2.45, 2.75) is 38.5 Å². The first-order valence-electron chi connectivity index (χ1n) is 8.52. The van der Waals surface area contributed by atoms with Gasteiger partial charge in [0.2, 0.25) is 0 Å². The van der Waals surface area contributed by atoms with Crippen molar-refractivity contribution in [3.05, 3.63) is 0 Å². The van der Waals surface area contributed by atoms with Gasteiger partial charge in [-0.1, -0.05) is 0 Å². The maximum Gasteiger partial charge on any atom is 0.0594 e. The molecule has 1 N–H and O–H groups in total. The molecule has 2 heterocycles. The van der Waals surface area contributed by atoms with Crippen molar-refractivity contribution >= 4 is 0 Å². The first-order chi connectivity index (χ1) is 9.88. The molecule has 0 unspecified atom stereocenters. The SMILES string of the molecule is OCCCCN1CCC(CCCN2CCOCC2)CC1. The second-order valence-electron chi connectivity index (χ2n) is 6.31. The smallest absolute Gasteiger partial charge is 0.0594 e. The number of nitrogens with zero attached hydrogens (tertiary/aromatic N) is 2. The predicted molar refractivity (Wildman–Crippen MR) is 82.0 cm³/mol. The lowest BCUT2D eigenvalue weighted by Crippen LogP contribution is -2.37. The second kappa shape index (κ2) is 9.72. The molecule has 0 aliphatic carbocycles. The molecule has 0 radical (unpaired) electrons. The average molecular weight is 284 g/mol. The Morgan fingerprint density at radius 1 is 0.850 bits per heavy atom. The Morgan fingerprint density at radius 3 is 2.20 bits per heavy atom. The van der Waals surface area contributed by atoms with Gasteiger partial charge < -0.3 is 14.7 Å². The largest absolute Gasteiger partial charge is 0.396 e. The number of ether oxygens (including phenoxy) is 1. The van der Waals surface area contributed by atoms with Crippen LogP contribution in [-0.4, -0.2) is 74.0 Å². The van der Waals surface area contributed by atoms with Gasteiger partial charge >= 0.3 is 0 Å². The van der Waals surface area contributed by atoms with Crippen molar-refractivity contribution < 1.29 is 9.84 Å². The summed E-state index contributed by atoms with van der Waals surface area (Å²) in [5.74, 6) is 0.949. The number of hydrogen-bond acceptors (Lipinski definition) is 4. The third kappa shape index (κ3) is 6.08. The zero-order chi connectivity index (χ0) is 14.0. The molecule has 0 amide bonds. The Bertz CT molecular complexity index is 237. The fourth-order valence-corrected chi connectivity index (χ4v) is 3.37. The van der Waals surface area contributed by atoms with Crippen molar-refractivity contribution in [3.8, 4) is 0 Å². The number of aliphatic hydroxyl groups is 1. The molecule has 118 valence electrons. The number of piperidine rings is 1. The number of unbranched alkanes of at least 4 members (excludes halogenated alkanes) is 1. The number of likely N-dealkylation sites (tertiary alicyclic amines) is 1. The minimum absolute atomic E-state index is 0.345. The fraction of sp³-hybridized carbons (Fsp3) is 1.00. The van der Waals surface area contributed by atoms with Crippen LogP contribution in [0.3, 0.4) is 0 Å². The summed E-state index contributed by atoms with van der Waals surface area (Å²) >= 11 is 0. The highest BCUT2D eigenvalue weighted by Gasteiger charge is 2.19. The number of rotatable bonds is 8. The van der Waals surface area contributed by atoms with Gasteiger partial charge in [0, 0.05) is 19.7 Å². The van der Waals surface area contributed by atoms with E-state index < -0.39 is 0 Å². The van der Waals surface area contributed by atoms with Crippen molar-refractivity contribution in [2.75, 3.05) is 59.1 Å². The average Bonchev–Trinajstić information content (AvgIpc) is 2.50. The summed E-state index contributed by atoms with van der Waals surface area (Å²) in [4.78, 5) is 5.13. The Hall–Kier alpha value is -0.160. The molecule has 0 aromatic carbocycles. The molecule has 4 nitrogen and oxygen atoms in total.